The van der Waals surface area contributed by atoms with Crippen molar-refractivity contribution in [3.63, 3.8) is 0 Å². The van der Waals surface area contributed by atoms with Gasteiger partial charge >= 0.3 is 0 Å². The Bertz CT molecular complexity index is 787. The van der Waals surface area contributed by atoms with Gasteiger partial charge in [-0.05, 0) is 42.5 Å². The number of nitrogen functional groups attached to an aromatic ring is 1. The van der Waals surface area contributed by atoms with Crippen molar-refractivity contribution in [2.24, 2.45) is 0 Å². The van der Waals surface area contributed by atoms with Crippen molar-refractivity contribution in [2.45, 2.75) is 39.0 Å². The molecule has 2 aromatic rings. The van der Waals surface area contributed by atoms with Gasteiger partial charge in [0.05, 0.1) is 0 Å². The molecule has 0 saturated carbocycles. The molecule has 1 aliphatic heterocycles. The summed E-state index contributed by atoms with van der Waals surface area (Å²) in [5.41, 5.74) is 10.6. The number of amides is 1. The number of ketones is 1. The zero-order chi connectivity index (χ0) is 17.8. The van der Waals surface area contributed by atoms with Crippen LogP contribution in [0, 0.1) is 0 Å². The van der Waals surface area contributed by atoms with Gasteiger partial charge in [-0.1, -0.05) is 37.3 Å². The molecule has 5 heteroatoms. The van der Waals surface area contributed by atoms with Crippen LogP contribution in [0.25, 0.3) is 0 Å². The summed E-state index contributed by atoms with van der Waals surface area (Å²) in [7, 11) is 0. The highest BCUT2D eigenvalue weighted by molar-refractivity contribution is 6.01. The summed E-state index contributed by atoms with van der Waals surface area (Å²) in [5, 5.41) is 0. The molecule has 0 saturated heterocycles. The molecular formula is C21H25ClN2O2. The molecule has 4 nitrogen and oxygen atoms in total. The van der Waals surface area contributed by atoms with Crippen LogP contribution in [0.3, 0.4) is 0 Å². The van der Waals surface area contributed by atoms with E-state index in [4.69, 9.17) is 5.73 Å². The van der Waals surface area contributed by atoms with E-state index in [0.29, 0.717) is 12.1 Å². The minimum Gasteiger partial charge on any atom is -0.398 e. The van der Waals surface area contributed by atoms with Crippen LogP contribution in [0.4, 0.5) is 11.4 Å². The summed E-state index contributed by atoms with van der Waals surface area (Å²) < 4.78 is 0. The Kier molecular flexibility index (Phi) is 6.81. The second-order valence-electron chi connectivity index (χ2n) is 6.47. The number of Topliss-reactive ketones (excluding diaryl/α,β-unsaturated/α-hetero) is 1. The lowest BCUT2D eigenvalue weighted by Crippen LogP contribution is -2.35. The van der Waals surface area contributed by atoms with Gasteiger partial charge in [0.2, 0.25) is 5.91 Å². The summed E-state index contributed by atoms with van der Waals surface area (Å²) in [4.78, 5) is 26.8. The summed E-state index contributed by atoms with van der Waals surface area (Å²) in [5.74, 6) is 0.00545. The highest BCUT2D eigenvalue weighted by Crippen LogP contribution is 2.31. The molecule has 0 fully saturated rings. The third-order valence-corrected chi connectivity index (χ3v) is 4.84. The smallest absolute Gasteiger partial charge is 0.227 e. The number of carbonyl (C=O) groups is 2. The van der Waals surface area contributed by atoms with Crippen LogP contribution in [0.1, 0.15) is 47.7 Å². The fraction of sp³-hybridized carbons (Fsp3) is 0.333. The summed E-state index contributed by atoms with van der Waals surface area (Å²) in [6.45, 7) is 2.77. The number of halogens is 1. The highest BCUT2D eigenvalue weighted by Gasteiger charge is 2.24. The number of aryl methyl sites for hydroxylation is 1. The Morgan fingerprint density at radius 1 is 1.08 bits per heavy atom. The topological polar surface area (TPSA) is 63.4 Å². The summed E-state index contributed by atoms with van der Waals surface area (Å²) in [6.07, 6.45) is 3.21. The van der Waals surface area contributed by atoms with Crippen LogP contribution in [0.2, 0.25) is 0 Å². The van der Waals surface area contributed by atoms with E-state index in [-0.39, 0.29) is 36.9 Å². The fourth-order valence-corrected chi connectivity index (χ4v) is 3.34. The molecular weight excluding hydrogens is 348 g/mol. The predicted octanol–water partition coefficient (Wildman–Crippen LogP) is 4.20. The molecule has 1 amide bonds. The van der Waals surface area contributed by atoms with Gasteiger partial charge in [0.15, 0.2) is 5.78 Å². The maximum atomic E-state index is 12.6. The average molecular weight is 373 g/mol. The quantitative estimate of drug-likeness (QED) is 0.632. The SMILES string of the molecule is CCc1ccc(C(=O)CCC(=O)N2CCCc3c(N)cccc32)cc1.Cl. The lowest BCUT2D eigenvalue weighted by Gasteiger charge is -2.30. The number of benzene rings is 2. The number of hydrogen-bond acceptors (Lipinski definition) is 3. The first-order chi connectivity index (χ1) is 12.1. The normalized spacial score (nSPS) is 12.9. The molecule has 26 heavy (non-hydrogen) atoms. The lowest BCUT2D eigenvalue weighted by molar-refractivity contribution is -0.118. The van der Waals surface area contributed by atoms with E-state index in [1.807, 2.05) is 42.5 Å². The largest absolute Gasteiger partial charge is 0.398 e. The molecule has 0 atom stereocenters. The van der Waals surface area contributed by atoms with E-state index in [9.17, 15) is 9.59 Å². The minimum absolute atomic E-state index is 0. The number of anilines is 2. The van der Waals surface area contributed by atoms with Crippen molar-refractivity contribution >= 4 is 35.5 Å². The molecule has 3 rings (SSSR count). The Morgan fingerprint density at radius 3 is 2.50 bits per heavy atom. The van der Waals surface area contributed by atoms with Gasteiger partial charge in [-0.3, -0.25) is 9.59 Å². The Morgan fingerprint density at radius 2 is 1.81 bits per heavy atom. The lowest BCUT2D eigenvalue weighted by atomic mass is 9.99. The third kappa shape index (κ3) is 4.25. The van der Waals surface area contributed by atoms with E-state index in [1.165, 1.54) is 5.56 Å². The Balaban J connectivity index is 0.00000243. The van der Waals surface area contributed by atoms with Crippen molar-refractivity contribution in [2.75, 3.05) is 17.2 Å². The van der Waals surface area contributed by atoms with Crippen LogP contribution in [-0.2, 0) is 17.6 Å². The van der Waals surface area contributed by atoms with Crippen LogP contribution >= 0.6 is 12.4 Å². The zero-order valence-electron chi connectivity index (χ0n) is 15.0. The van der Waals surface area contributed by atoms with Crippen LogP contribution in [0.5, 0.6) is 0 Å². The summed E-state index contributed by atoms with van der Waals surface area (Å²) in [6, 6.07) is 13.3. The maximum absolute atomic E-state index is 12.6. The zero-order valence-corrected chi connectivity index (χ0v) is 15.8. The van der Waals surface area contributed by atoms with Crippen LogP contribution in [-0.4, -0.2) is 18.2 Å². The molecule has 1 aliphatic rings. The molecule has 0 aromatic heterocycles. The maximum Gasteiger partial charge on any atom is 0.227 e. The standard InChI is InChI=1S/C21H24N2O2.ClH/c1-2-15-8-10-16(11-9-15)20(24)12-13-21(25)23-14-4-5-17-18(22)6-3-7-19(17)23;/h3,6-11H,2,4-5,12-14,22H2,1H3;1H. The summed E-state index contributed by atoms with van der Waals surface area (Å²) >= 11 is 0. The Labute approximate surface area is 160 Å². The van der Waals surface area contributed by atoms with Crippen molar-refractivity contribution < 1.29 is 9.59 Å². The number of rotatable bonds is 5. The predicted molar refractivity (Wildman–Crippen MR) is 108 cm³/mol. The van der Waals surface area contributed by atoms with Gasteiger partial charge in [0.25, 0.3) is 0 Å². The first-order valence-corrected chi connectivity index (χ1v) is 8.90. The number of fused-ring (bicyclic) bond motifs is 1. The molecule has 0 radical (unpaired) electrons. The molecule has 1 heterocycles. The molecule has 0 aliphatic carbocycles. The van der Waals surface area contributed by atoms with Crippen molar-refractivity contribution in [1.82, 2.24) is 0 Å². The number of carbonyl (C=O) groups excluding carboxylic acids is 2. The van der Waals surface area contributed by atoms with Crippen molar-refractivity contribution in [1.29, 1.82) is 0 Å². The molecule has 0 bridgehead atoms. The minimum atomic E-state index is -0.00919. The van der Waals surface area contributed by atoms with Gasteiger partial charge in [-0.15, -0.1) is 12.4 Å². The number of nitrogens with two attached hydrogens (primary N) is 1. The van der Waals surface area contributed by atoms with E-state index in [0.717, 1.165) is 36.2 Å². The van der Waals surface area contributed by atoms with E-state index in [1.54, 1.807) is 4.90 Å². The molecule has 0 spiro atoms. The molecule has 0 unspecified atom stereocenters. The van der Waals surface area contributed by atoms with Gasteiger partial charge in [0, 0.05) is 36.3 Å². The second-order valence-corrected chi connectivity index (χ2v) is 6.47. The Hall–Kier alpha value is -2.33. The third-order valence-electron chi connectivity index (χ3n) is 4.84. The number of hydrogen-bond donors (Lipinski definition) is 1. The van der Waals surface area contributed by atoms with Crippen LogP contribution in [0.15, 0.2) is 42.5 Å². The van der Waals surface area contributed by atoms with Crippen molar-refractivity contribution in [3.05, 3.63) is 59.2 Å². The fourth-order valence-electron chi connectivity index (χ4n) is 3.34. The first-order valence-electron chi connectivity index (χ1n) is 8.90. The van der Waals surface area contributed by atoms with Gasteiger partial charge in [-0.2, -0.15) is 0 Å². The van der Waals surface area contributed by atoms with Gasteiger partial charge in [-0.25, -0.2) is 0 Å². The van der Waals surface area contributed by atoms with Crippen molar-refractivity contribution in [3.8, 4) is 0 Å². The average Bonchev–Trinajstić information content (AvgIpc) is 2.66. The van der Waals surface area contributed by atoms with Crippen LogP contribution < -0.4 is 10.6 Å². The molecule has 2 aromatic carbocycles. The first kappa shape index (κ1) is 20.0. The van der Waals surface area contributed by atoms with Gasteiger partial charge < -0.3 is 10.6 Å². The molecule has 138 valence electrons. The number of nitrogens with zero attached hydrogens (tertiary/aromatic N) is 1. The highest BCUT2D eigenvalue weighted by atomic mass is 35.5. The van der Waals surface area contributed by atoms with E-state index >= 15 is 0 Å². The van der Waals surface area contributed by atoms with Gasteiger partial charge in [0.1, 0.15) is 0 Å². The monoisotopic (exact) mass is 372 g/mol. The molecule has 2 N–H and O–H groups in total. The van der Waals surface area contributed by atoms with E-state index in [2.05, 4.69) is 6.92 Å². The van der Waals surface area contributed by atoms with E-state index < -0.39 is 0 Å². The second kappa shape index (κ2) is 8.86.